The maximum Gasteiger partial charge on any atom is 0.208 e. The summed E-state index contributed by atoms with van der Waals surface area (Å²) in [7, 11) is 3.91. The molecule has 2 rings (SSSR count). The lowest BCUT2D eigenvalue weighted by Crippen LogP contribution is -2.21. The number of nitrogens with zero attached hydrogens (tertiary/aromatic N) is 3. The molecule has 1 aromatic carbocycles. The van der Waals surface area contributed by atoms with E-state index in [4.69, 9.17) is 11.6 Å². The van der Waals surface area contributed by atoms with Gasteiger partial charge in [0.1, 0.15) is 0 Å². The molecule has 0 bridgehead atoms. The van der Waals surface area contributed by atoms with E-state index >= 15 is 0 Å². The zero-order chi connectivity index (χ0) is 15.4. The fraction of sp³-hybridized carbons (Fsp3) is 0.429. The van der Waals surface area contributed by atoms with E-state index in [0.717, 1.165) is 25.9 Å². The Kier molecular flexibility index (Phi) is 5.87. The van der Waals surface area contributed by atoms with Gasteiger partial charge in [-0.05, 0) is 17.7 Å². The van der Waals surface area contributed by atoms with Crippen molar-refractivity contribution >= 4 is 39.8 Å². The van der Waals surface area contributed by atoms with Crippen molar-refractivity contribution in [1.29, 1.82) is 0 Å². The third-order valence-electron chi connectivity index (χ3n) is 2.69. The fourth-order valence-corrected chi connectivity index (χ4v) is 3.62. The lowest BCUT2D eigenvalue weighted by atomic mass is 10.2. The van der Waals surface area contributed by atoms with Crippen LogP contribution >= 0.6 is 34.7 Å². The molecule has 0 aliphatic heterocycles. The van der Waals surface area contributed by atoms with Gasteiger partial charge in [-0.15, -0.1) is 10.2 Å². The SMILES string of the molecule is CC(C)NCc1ccc(Sc2nnc(N(C)C)s2)c(Cl)c1. The maximum atomic E-state index is 6.36. The first kappa shape index (κ1) is 16.5. The van der Waals surface area contributed by atoms with E-state index in [1.165, 1.54) is 5.56 Å². The van der Waals surface area contributed by atoms with E-state index in [9.17, 15) is 0 Å². The number of hydrogen-bond acceptors (Lipinski definition) is 6. The summed E-state index contributed by atoms with van der Waals surface area (Å²) in [5.41, 5.74) is 1.18. The van der Waals surface area contributed by atoms with Crippen LogP contribution in [0.1, 0.15) is 19.4 Å². The van der Waals surface area contributed by atoms with Crippen molar-refractivity contribution in [2.24, 2.45) is 0 Å². The molecule has 0 radical (unpaired) electrons. The summed E-state index contributed by atoms with van der Waals surface area (Å²) in [6, 6.07) is 6.61. The molecule has 0 unspecified atom stereocenters. The molecular formula is C14H19ClN4S2. The van der Waals surface area contributed by atoms with Crippen molar-refractivity contribution < 1.29 is 0 Å². The molecule has 114 valence electrons. The lowest BCUT2D eigenvalue weighted by Gasteiger charge is -2.09. The highest BCUT2D eigenvalue weighted by Crippen LogP contribution is 2.36. The number of hydrogen-bond donors (Lipinski definition) is 1. The second kappa shape index (κ2) is 7.45. The monoisotopic (exact) mass is 342 g/mol. The molecule has 2 aromatic rings. The highest BCUT2D eigenvalue weighted by molar-refractivity contribution is 8.01. The molecule has 21 heavy (non-hydrogen) atoms. The summed E-state index contributed by atoms with van der Waals surface area (Å²) < 4.78 is 0.897. The Morgan fingerprint density at radius 1 is 1.33 bits per heavy atom. The first-order valence-corrected chi connectivity index (χ1v) is 8.67. The summed E-state index contributed by atoms with van der Waals surface area (Å²) in [6.45, 7) is 5.08. The number of anilines is 1. The molecule has 7 heteroatoms. The van der Waals surface area contributed by atoms with Gasteiger partial charge in [0, 0.05) is 31.6 Å². The summed E-state index contributed by atoms with van der Waals surface area (Å²) >= 11 is 9.47. The van der Waals surface area contributed by atoms with Gasteiger partial charge in [-0.2, -0.15) is 0 Å². The van der Waals surface area contributed by atoms with Crippen molar-refractivity contribution in [2.45, 2.75) is 35.7 Å². The number of benzene rings is 1. The molecular weight excluding hydrogens is 324 g/mol. The molecule has 0 saturated heterocycles. The Labute approximate surface area is 138 Å². The van der Waals surface area contributed by atoms with Gasteiger partial charge in [-0.25, -0.2) is 0 Å². The van der Waals surface area contributed by atoms with Crippen LogP contribution in [0.4, 0.5) is 5.13 Å². The third kappa shape index (κ3) is 4.85. The largest absolute Gasteiger partial charge is 0.353 e. The normalized spacial score (nSPS) is 11.1. The first-order valence-electron chi connectivity index (χ1n) is 6.66. The van der Waals surface area contributed by atoms with Crippen LogP contribution in [0.15, 0.2) is 27.4 Å². The predicted molar refractivity (Wildman–Crippen MR) is 91.8 cm³/mol. The third-order valence-corrected chi connectivity index (χ3v) is 5.33. The van der Waals surface area contributed by atoms with Gasteiger partial charge < -0.3 is 10.2 Å². The molecule has 0 aliphatic carbocycles. The number of aromatic nitrogens is 2. The first-order chi connectivity index (χ1) is 9.95. The Balaban J connectivity index is 2.06. The van der Waals surface area contributed by atoms with Crippen LogP contribution in [0.3, 0.4) is 0 Å². The summed E-state index contributed by atoms with van der Waals surface area (Å²) in [6.07, 6.45) is 0. The highest BCUT2D eigenvalue weighted by atomic mass is 35.5. The van der Waals surface area contributed by atoms with Crippen LogP contribution in [0.2, 0.25) is 5.02 Å². The Morgan fingerprint density at radius 3 is 2.67 bits per heavy atom. The summed E-state index contributed by atoms with van der Waals surface area (Å²) in [5, 5.41) is 13.3. The van der Waals surface area contributed by atoms with Crippen molar-refractivity contribution in [3.63, 3.8) is 0 Å². The van der Waals surface area contributed by atoms with Gasteiger partial charge in [0.15, 0.2) is 4.34 Å². The van der Waals surface area contributed by atoms with Gasteiger partial charge in [-0.1, -0.05) is 54.6 Å². The molecule has 0 fully saturated rings. The van der Waals surface area contributed by atoms with Crippen molar-refractivity contribution in [1.82, 2.24) is 15.5 Å². The van der Waals surface area contributed by atoms with Crippen molar-refractivity contribution in [3.8, 4) is 0 Å². The molecule has 1 aromatic heterocycles. The zero-order valence-corrected chi connectivity index (χ0v) is 14.9. The fourth-order valence-electron chi connectivity index (χ4n) is 1.58. The van der Waals surface area contributed by atoms with E-state index in [0.29, 0.717) is 6.04 Å². The minimum atomic E-state index is 0.462. The van der Waals surface area contributed by atoms with Crippen LogP contribution in [-0.2, 0) is 6.54 Å². The van der Waals surface area contributed by atoms with E-state index < -0.39 is 0 Å². The topological polar surface area (TPSA) is 41.1 Å². The van der Waals surface area contributed by atoms with Crippen LogP contribution in [0.25, 0.3) is 0 Å². The average molecular weight is 343 g/mol. The summed E-state index contributed by atoms with van der Waals surface area (Å²) in [5.74, 6) is 0. The smallest absolute Gasteiger partial charge is 0.208 e. The zero-order valence-electron chi connectivity index (χ0n) is 12.6. The molecule has 1 heterocycles. The van der Waals surface area contributed by atoms with Gasteiger partial charge in [0.25, 0.3) is 0 Å². The minimum Gasteiger partial charge on any atom is -0.353 e. The molecule has 0 spiro atoms. The van der Waals surface area contributed by atoms with Crippen LogP contribution in [0, 0.1) is 0 Å². The van der Waals surface area contributed by atoms with Crippen LogP contribution < -0.4 is 10.2 Å². The number of halogens is 1. The second-order valence-electron chi connectivity index (χ2n) is 5.15. The molecule has 0 amide bonds. The van der Waals surface area contributed by atoms with E-state index in [1.807, 2.05) is 31.1 Å². The standard InChI is InChI=1S/C14H19ClN4S2/c1-9(2)16-8-10-5-6-12(11(15)7-10)20-14-18-17-13(21-14)19(3)4/h5-7,9,16H,8H2,1-4H3. The van der Waals surface area contributed by atoms with Gasteiger partial charge in [-0.3, -0.25) is 0 Å². The van der Waals surface area contributed by atoms with E-state index in [-0.39, 0.29) is 0 Å². The highest BCUT2D eigenvalue weighted by Gasteiger charge is 2.10. The predicted octanol–water partition coefficient (Wildman–Crippen LogP) is 3.91. The Morgan fingerprint density at radius 2 is 2.10 bits per heavy atom. The Bertz CT molecular complexity index is 598. The van der Waals surface area contributed by atoms with Gasteiger partial charge in [0.05, 0.1) is 5.02 Å². The van der Waals surface area contributed by atoms with Crippen LogP contribution in [-0.4, -0.2) is 30.3 Å². The minimum absolute atomic E-state index is 0.462. The lowest BCUT2D eigenvalue weighted by molar-refractivity contribution is 0.589. The summed E-state index contributed by atoms with van der Waals surface area (Å²) in [4.78, 5) is 2.95. The maximum absolute atomic E-state index is 6.36. The molecule has 0 saturated carbocycles. The number of nitrogens with one attached hydrogen (secondary N) is 1. The van der Waals surface area contributed by atoms with Crippen molar-refractivity contribution in [2.75, 3.05) is 19.0 Å². The second-order valence-corrected chi connectivity index (χ2v) is 7.80. The molecule has 4 nitrogen and oxygen atoms in total. The van der Waals surface area contributed by atoms with Gasteiger partial charge >= 0.3 is 0 Å². The molecule has 0 aliphatic rings. The van der Waals surface area contributed by atoms with E-state index in [2.05, 4.69) is 35.4 Å². The molecule has 0 atom stereocenters. The average Bonchev–Trinajstić information content (AvgIpc) is 2.88. The quantitative estimate of drug-likeness (QED) is 0.862. The Hall–Kier alpha value is -0.820. The molecule has 1 N–H and O–H groups in total. The van der Waals surface area contributed by atoms with E-state index in [1.54, 1.807) is 23.1 Å². The number of rotatable bonds is 6. The van der Waals surface area contributed by atoms with Crippen LogP contribution in [0.5, 0.6) is 0 Å². The van der Waals surface area contributed by atoms with Gasteiger partial charge in [0.2, 0.25) is 5.13 Å². The van der Waals surface area contributed by atoms with Crippen molar-refractivity contribution in [3.05, 3.63) is 28.8 Å².